The monoisotopic (exact) mass is 422 g/mol. The van der Waals surface area contributed by atoms with Gasteiger partial charge in [-0.25, -0.2) is 4.98 Å². The minimum Gasteiger partial charge on any atom is -0.352 e. The third-order valence-electron chi connectivity index (χ3n) is 5.73. The first-order valence-corrected chi connectivity index (χ1v) is 10.6. The molecule has 2 N–H and O–H groups in total. The van der Waals surface area contributed by atoms with Gasteiger partial charge in [0.15, 0.2) is 5.82 Å². The number of para-hydroxylation sites is 1. The predicted molar refractivity (Wildman–Crippen MR) is 120 cm³/mol. The molecule has 30 heavy (non-hydrogen) atoms. The average molecular weight is 423 g/mol. The van der Waals surface area contributed by atoms with Gasteiger partial charge in [0, 0.05) is 43.0 Å². The number of nitrogens with one attached hydrogen (secondary N) is 2. The van der Waals surface area contributed by atoms with Crippen LogP contribution >= 0.6 is 11.6 Å². The number of H-pyrrole nitrogens is 2. The molecule has 2 aromatic carbocycles. The Bertz CT molecular complexity index is 1240. The first-order valence-electron chi connectivity index (χ1n) is 10.3. The minimum absolute atomic E-state index is 0.105. The summed E-state index contributed by atoms with van der Waals surface area (Å²) in [6.07, 6.45) is 1.68. The van der Waals surface area contributed by atoms with Crippen LogP contribution in [0.3, 0.4) is 0 Å². The van der Waals surface area contributed by atoms with Crippen LogP contribution in [0.15, 0.2) is 47.3 Å². The van der Waals surface area contributed by atoms with Crippen LogP contribution in [-0.4, -0.2) is 57.8 Å². The van der Waals surface area contributed by atoms with Crippen molar-refractivity contribution in [1.82, 2.24) is 25.1 Å². The quantitative estimate of drug-likeness (QED) is 0.516. The van der Waals surface area contributed by atoms with E-state index < -0.39 is 0 Å². The van der Waals surface area contributed by atoms with Gasteiger partial charge in [0.1, 0.15) is 5.82 Å². The van der Waals surface area contributed by atoms with Crippen molar-refractivity contribution in [2.45, 2.75) is 12.8 Å². The maximum atomic E-state index is 12.3. The second-order valence-corrected chi connectivity index (χ2v) is 8.14. The maximum absolute atomic E-state index is 12.3. The number of aromatic amines is 2. The van der Waals surface area contributed by atoms with Crippen molar-refractivity contribution in [2.75, 3.05) is 37.6 Å². The molecule has 5 rings (SSSR count). The summed E-state index contributed by atoms with van der Waals surface area (Å²) >= 11 is 6.04. The zero-order valence-corrected chi connectivity index (χ0v) is 17.3. The van der Waals surface area contributed by atoms with E-state index in [4.69, 9.17) is 11.6 Å². The van der Waals surface area contributed by atoms with E-state index in [0.717, 1.165) is 62.7 Å². The lowest BCUT2D eigenvalue weighted by Crippen LogP contribution is -2.46. The van der Waals surface area contributed by atoms with Crippen molar-refractivity contribution in [3.05, 3.63) is 63.7 Å². The van der Waals surface area contributed by atoms with Crippen molar-refractivity contribution in [1.29, 1.82) is 0 Å². The van der Waals surface area contributed by atoms with Gasteiger partial charge >= 0.3 is 0 Å². The zero-order valence-electron chi connectivity index (χ0n) is 16.6. The minimum atomic E-state index is -0.105. The lowest BCUT2D eigenvalue weighted by Gasteiger charge is -2.35. The molecule has 1 fully saturated rings. The summed E-state index contributed by atoms with van der Waals surface area (Å²) in [6, 6.07) is 13.4. The fraction of sp³-hybridized carbons (Fsp3) is 0.318. The van der Waals surface area contributed by atoms with Crippen LogP contribution in [0, 0.1) is 0 Å². The van der Waals surface area contributed by atoms with Crippen LogP contribution < -0.4 is 10.5 Å². The van der Waals surface area contributed by atoms with Gasteiger partial charge in [-0.2, -0.15) is 5.10 Å². The molecule has 7 nitrogen and oxygen atoms in total. The van der Waals surface area contributed by atoms with Crippen LogP contribution in [-0.2, 0) is 6.42 Å². The maximum Gasteiger partial charge on any atom is 0.258 e. The van der Waals surface area contributed by atoms with Crippen LogP contribution in [0.1, 0.15) is 12.2 Å². The van der Waals surface area contributed by atoms with Gasteiger partial charge in [-0.15, -0.1) is 0 Å². The summed E-state index contributed by atoms with van der Waals surface area (Å²) in [5.74, 6) is 1.76. The molecule has 0 bridgehead atoms. The van der Waals surface area contributed by atoms with Gasteiger partial charge in [0.25, 0.3) is 5.56 Å². The molecular formula is C22H23ClN6O. The number of fused-ring (bicyclic) bond motifs is 2. The van der Waals surface area contributed by atoms with Crippen molar-refractivity contribution in [3.63, 3.8) is 0 Å². The van der Waals surface area contributed by atoms with E-state index in [1.165, 1.54) is 5.39 Å². The fourth-order valence-electron chi connectivity index (χ4n) is 4.12. The lowest BCUT2D eigenvalue weighted by molar-refractivity contribution is 0.254. The largest absolute Gasteiger partial charge is 0.352 e. The number of hydrogen-bond acceptors (Lipinski definition) is 5. The number of rotatable bonds is 5. The van der Waals surface area contributed by atoms with Gasteiger partial charge in [-0.1, -0.05) is 23.7 Å². The van der Waals surface area contributed by atoms with E-state index in [-0.39, 0.29) is 5.56 Å². The van der Waals surface area contributed by atoms with E-state index >= 15 is 0 Å². The van der Waals surface area contributed by atoms with Crippen molar-refractivity contribution >= 4 is 39.2 Å². The normalized spacial score (nSPS) is 15.3. The second-order valence-electron chi connectivity index (χ2n) is 7.70. The molecule has 0 atom stereocenters. The summed E-state index contributed by atoms with van der Waals surface area (Å²) in [7, 11) is 0. The van der Waals surface area contributed by atoms with E-state index in [1.807, 2.05) is 6.07 Å². The average Bonchev–Trinajstić information content (AvgIpc) is 3.18. The number of piperazine rings is 1. The standard InChI is InChI=1S/C22H23ClN6O/c23-15-7-8-17-19(14-15)24-20(25-22(17)30)6-3-9-28-10-12-29(13-11-28)21-16-4-1-2-5-18(16)26-27-21/h1-2,4-5,7-8,14H,3,6,9-13H2,(H,26,27)(H,24,25,30). The number of benzene rings is 2. The van der Waals surface area contributed by atoms with Gasteiger partial charge in [0.05, 0.1) is 16.4 Å². The highest BCUT2D eigenvalue weighted by Crippen LogP contribution is 2.24. The van der Waals surface area contributed by atoms with E-state index in [1.54, 1.807) is 18.2 Å². The molecule has 0 amide bonds. The third-order valence-corrected chi connectivity index (χ3v) is 5.96. The summed E-state index contributed by atoms with van der Waals surface area (Å²) < 4.78 is 0. The van der Waals surface area contributed by atoms with Crippen LogP contribution in [0.5, 0.6) is 0 Å². The predicted octanol–water partition coefficient (Wildman–Crippen LogP) is 3.21. The summed E-state index contributed by atoms with van der Waals surface area (Å²) in [5, 5.41) is 9.98. The number of aryl methyl sites for hydroxylation is 1. The van der Waals surface area contributed by atoms with Crippen molar-refractivity contribution < 1.29 is 0 Å². The van der Waals surface area contributed by atoms with Crippen LogP contribution in [0.2, 0.25) is 5.02 Å². The zero-order chi connectivity index (χ0) is 20.5. The summed E-state index contributed by atoms with van der Waals surface area (Å²) in [5.41, 5.74) is 1.63. The highest BCUT2D eigenvalue weighted by molar-refractivity contribution is 6.31. The Morgan fingerprint density at radius 3 is 2.73 bits per heavy atom. The lowest BCUT2D eigenvalue weighted by atomic mass is 10.2. The molecule has 1 aliphatic rings. The van der Waals surface area contributed by atoms with Crippen LogP contribution in [0.4, 0.5) is 5.82 Å². The highest BCUT2D eigenvalue weighted by atomic mass is 35.5. The molecule has 3 heterocycles. The smallest absolute Gasteiger partial charge is 0.258 e. The van der Waals surface area contributed by atoms with Gasteiger partial charge in [0.2, 0.25) is 0 Å². The van der Waals surface area contributed by atoms with Gasteiger partial charge < -0.3 is 9.88 Å². The number of nitrogens with zero attached hydrogens (tertiary/aromatic N) is 4. The molecule has 8 heteroatoms. The van der Waals surface area contributed by atoms with Gasteiger partial charge in [-0.3, -0.25) is 14.8 Å². The third kappa shape index (κ3) is 3.78. The number of anilines is 1. The molecule has 2 aromatic heterocycles. The highest BCUT2D eigenvalue weighted by Gasteiger charge is 2.20. The molecule has 154 valence electrons. The molecule has 0 saturated carbocycles. The second kappa shape index (κ2) is 8.08. The molecule has 0 spiro atoms. The topological polar surface area (TPSA) is 80.9 Å². The Kier molecular flexibility index (Phi) is 5.14. The molecule has 1 saturated heterocycles. The van der Waals surface area contributed by atoms with Crippen LogP contribution in [0.25, 0.3) is 21.8 Å². The van der Waals surface area contributed by atoms with Crippen molar-refractivity contribution in [3.8, 4) is 0 Å². The summed E-state index contributed by atoms with van der Waals surface area (Å²) in [4.78, 5) is 24.5. The Balaban J connectivity index is 1.17. The molecule has 1 aliphatic heterocycles. The first-order chi connectivity index (χ1) is 14.7. The molecule has 0 aliphatic carbocycles. The fourth-order valence-corrected chi connectivity index (χ4v) is 4.29. The van der Waals surface area contributed by atoms with E-state index in [2.05, 4.69) is 48.2 Å². The SMILES string of the molecule is O=c1[nH]c(CCCN2CCN(c3n[nH]c4ccccc34)CC2)nc2cc(Cl)ccc12. The van der Waals surface area contributed by atoms with E-state index in [0.29, 0.717) is 15.9 Å². The van der Waals surface area contributed by atoms with Crippen molar-refractivity contribution in [2.24, 2.45) is 0 Å². The molecule has 0 radical (unpaired) electrons. The Morgan fingerprint density at radius 1 is 1.03 bits per heavy atom. The Morgan fingerprint density at radius 2 is 1.87 bits per heavy atom. The number of halogens is 1. The molecular weight excluding hydrogens is 400 g/mol. The number of hydrogen-bond donors (Lipinski definition) is 2. The molecule has 4 aromatic rings. The first kappa shape index (κ1) is 19.1. The van der Waals surface area contributed by atoms with Gasteiger partial charge in [-0.05, 0) is 43.3 Å². The van der Waals surface area contributed by atoms with E-state index in [9.17, 15) is 4.79 Å². The Labute approximate surface area is 178 Å². The summed E-state index contributed by atoms with van der Waals surface area (Å²) in [6.45, 7) is 4.89. The Hall–Kier alpha value is -2.90. The molecule has 0 unspecified atom stereocenters. The number of aromatic nitrogens is 4.